The van der Waals surface area contributed by atoms with E-state index in [1.807, 2.05) is 19.9 Å². The minimum Gasteiger partial charge on any atom is -0.269 e. The van der Waals surface area contributed by atoms with Crippen LogP contribution >= 0.6 is 0 Å². The normalized spacial score (nSPS) is 11.4. The van der Waals surface area contributed by atoms with Crippen LogP contribution in [0.15, 0.2) is 18.2 Å². The fraction of sp³-hybridized carbons (Fsp3) is 0.400. The minimum atomic E-state index is -4.18. The number of benzene rings is 1. The van der Waals surface area contributed by atoms with Gasteiger partial charge in [-0.2, -0.15) is 8.42 Å². The summed E-state index contributed by atoms with van der Waals surface area (Å²) < 4.78 is 32.2. The summed E-state index contributed by atoms with van der Waals surface area (Å²) in [7, 11) is -4.18. The average Bonchev–Trinajstić information content (AvgIpc) is 2.15. The molecule has 0 saturated heterocycles. The zero-order valence-electron chi connectivity index (χ0n) is 8.82. The third-order valence-corrected chi connectivity index (χ3v) is 2.72. The van der Waals surface area contributed by atoms with Crippen molar-refractivity contribution in [2.24, 2.45) is 0 Å². The first-order chi connectivity index (χ1) is 6.98. The van der Waals surface area contributed by atoms with Crippen molar-refractivity contribution in [1.29, 1.82) is 0 Å². The van der Waals surface area contributed by atoms with Crippen LogP contribution in [0.3, 0.4) is 0 Å². The van der Waals surface area contributed by atoms with Crippen molar-refractivity contribution in [3.05, 3.63) is 29.3 Å². The van der Waals surface area contributed by atoms with E-state index in [-0.39, 0.29) is 0 Å². The smallest absolute Gasteiger partial charge is 0.269 e. The van der Waals surface area contributed by atoms with Crippen LogP contribution < -0.4 is 4.72 Å². The van der Waals surface area contributed by atoms with Gasteiger partial charge in [0, 0.05) is 0 Å². The summed E-state index contributed by atoms with van der Waals surface area (Å²) in [6.45, 7) is 3.95. The van der Waals surface area contributed by atoms with Crippen LogP contribution in [0.1, 0.15) is 25.0 Å². The molecule has 0 amide bonds. The van der Waals surface area contributed by atoms with Crippen molar-refractivity contribution in [3.8, 4) is 0 Å². The summed E-state index contributed by atoms with van der Waals surface area (Å²) >= 11 is 0. The molecule has 0 aliphatic rings. The molecule has 0 heterocycles. The van der Waals surface area contributed by atoms with Gasteiger partial charge < -0.3 is 0 Å². The second-order valence-corrected chi connectivity index (χ2v) is 4.38. The molecule has 0 aliphatic carbocycles. The van der Waals surface area contributed by atoms with Crippen LogP contribution in [0.25, 0.3) is 0 Å². The van der Waals surface area contributed by atoms with E-state index >= 15 is 0 Å². The maximum absolute atomic E-state index is 10.7. The molecule has 5 heteroatoms. The largest absolute Gasteiger partial charge is 0.357 e. The van der Waals surface area contributed by atoms with Crippen LogP contribution in [-0.2, 0) is 23.1 Å². The van der Waals surface area contributed by atoms with Crippen LogP contribution in [0, 0.1) is 0 Å². The van der Waals surface area contributed by atoms with Crippen molar-refractivity contribution in [1.82, 2.24) is 0 Å². The minimum absolute atomic E-state index is 0.458. The molecule has 84 valence electrons. The van der Waals surface area contributed by atoms with Gasteiger partial charge in [0.1, 0.15) is 0 Å². The zero-order chi connectivity index (χ0) is 11.5. The summed E-state index contributed by atoms with van der Waals surface area (Å²) in [5.41, 5.74) is 2.48. The van der Waals surface area contributed by atoms with Gasteiger partial charge in [-0.25, -0.2) is 0 Å². The van der Waals surface area contributed by atoms with Gasteiger partial charge in [-0.05, 0) is 30.0 Å². The Labute approximate surface area is 90.2 Å². The summed E-state index contributed by atoms with van der Waals surface area (Å²) in [5, 5.41) is 0. The predicted octanol–water partition coefficient (Wildman–Crippen LogP) is 2.03. The summed E-state index contributed by atoms with van der Waals surface area (Å²) in [5.74, 6) is 0. The standard InChI is InChI=1S/C10H15NO3S/c1-3-8-6-5-7-10(9(8)4-2)11-15(12,13)14/h5-7,11H,3-4H2,1-2H3,(H,12,13,14). The van der Waals surface area contributed by atoms with Gasteiger partial charge in [0.05, 0.1) is 5.69 Å². The molecule has 0 unspecified atom stereocenters. The van der Waals surface area contributed by atoms with Gasteiger partial charge in [0.25, 0.3) is 0 Å². The predicted molar refractivity (Wildman–Crippen MR) is 60.4 cm³/mol. The highest BCUT2D eigenvalue weighted by molar-refractivity contribution is 7.87. The van der Waals surface area contributed by atoms with E-state index in [0.717, 1.165) is 24.0 Å². The lowest BCUT2D eigenvalue weighted by molar-refractivity contribution is 0.489. The third kappa shape index (κ3) is 3.21. The van der Waals surface area contributed by atoms with Gasteiger partial charge >= 0.3 is 10.3 Å². The molecule has 0 spiro atoms. The first-order valence-electron chi connectivity index (χ1n) is 4.84. The van der Waals surface area contributed by atoms with Crippen molar-refractivity contribution >= 4 is 16.0 Å². The molecule has 0 bridgehead atoms. The summed E-state index contributed by atoms with van der Waals surface area (Å²) in [6, 6.07) is 5.37. The van der Waals surface area contributed by atoms with E-state index < -0.39 is 10.3 Å². The van der Waals surface area contributed by atoms with E-state index in [1.165, 1.54) is 0 Å². The molecule has 15 heavy (non-hydrogen) atoms. The van der Waals surface area contributed by atoms with E-state index in [2.05, 4.69) is 4.72 Å². The van der Waals surface area contributed by atoms with E-state index in [4.69, 9.17) is 4.55 Å². The third-order valence-electron chi connectivity index (χ3n) is 2.25. The fourth-order valence-electron chi connectivity index (χ4n) is 1.62. The van der Waals surface area contributed by atoms with Crippen molar-refractivity contribution < 1.29 is 13.0 Å². The maximum Gasteiger partial charge on any atom is 0.357 e. The molecule has 2 N–H and O–H groups in total. The lowest BCUT2D eigenvalue weighted by atomic mass is 10.0. The van der Waals surface area contributed by atoms with Crippen LogP contribution in [0.4, 0.5) is 5.69 Å². The number of hydrogen-bond donors (Lipinski definition) is 2. The molecule has 0 saturated carbocycles. The molecule has 1 aromatic rings. The van der Waals surface area contributed by atoms with Crippen molar-refractivity contribution in [3.63, 3.8) is 0 Å². The monoisotopic (exact) mass is 229 g/mol. The molecule has 0 aromatic heterocycles. The summed E-state index contributed by atoms with van der Waals surface area (Å²) in [6.07, 6.45) is 1.56. The Balaban J connectivity index is 3.18. The molecule has 1 rings (SSSR count). The summed E-state index contributed by atoms with van der Waals surface area (Å²) in [4.78, 5) is 0. The van der Waals surface area contributed by atoms with Crippen LogP contribution in [-0.4, -0.2) is 13.0 Å². The lowest BCUT2D eigenvalue weighted by Gasteiger charge is -2.12. The van der Waals surface area contributed by atoms with Crippen LogP contribution in [0.2, 0.25) is 0 Å². The molecule has 0 atom stereocenters. The van der Waals surface area contributed by atoms with Gasteiger partial charge in [-0.3, -0.25) is 9.27 Å². The Bertz CT molecular complexity index is 440. The highest BCUT2D eigenvalue weighted by atomic mass is 32.2. The Hall–Kier alpha value is -1.07. The van der Waals surface area contributed by atoms with Gasteiger partial charge in [-0.1, -0.05) is 26.0 Å². The first kappa shape index (κ1) is 12.0. The molecule has 0 aliphatic heterocycles. The first-order valence-corrected chi connectivity index (χ1v) is 6.28. The van der Waals surface area contributed by atoms with E-state index in [9.17, 15) is 8.42 Å². The number of hydrogen-bond acceptors (Lipinski definition) is 2. The van der Waals surface area contributed by atoms with E-state index in [1.54, 1.807) is 12.1 Å². The highest BCUT2D eigenvalue weighted by Crippen LogP contribution is 2.21. The van der Waals surface area contributed by atoms with Gasteiger partial charge in [0.2, 0.25) is 0 Å². The Morgan fingerprint density at radius 2 is 1.93 bits per heavy atom. The van der Waals surface area contributed by atoms with E-state index in [0.29, 0.717) is 5.69 Å². The van der Waals surface area contributed by atoms with Crippen LogP contribution in [0.5, 0.6) is 0 Å². The fourth-order valence-corrected chi connectivity index (χ4v) is 2.09. The Morgan fingerprint density at radius 3 is 2.40 bits per heavy atom. The highest BCUT2D eigenvalue weighted by Gasteiger charge is 2.09. The quantitative estimate of drug-likeness (QED) is 0.776. The Kier molecular flexibility index (Phi) is 3.71. The molecule has 0 fully saturated rings. The average molecular weight is 229 g/mol. The number of nitrogens with one attached hydrogen (secondary N) is 1. The lowest BCUT2D eigenvalue weighted by Crippen LogP contribution is -2.12. The van der Waals surface area contributed by atoms with Crippen molar-refractivity contribution in [2.75, 3.05) is 4.72 Å². The Morgan fingerprint density at radius 1 is 1.27 bits per heavy atom. The number of rotatable bonds is 4. The molecule has 1 aromatic carbocycles. The zero-order valence-corrected chi connectivity index (χ0v) is 9.63. The molecular weight excluding hydrogens is 214 g/mol. The molecule has 4 nitrogen and oxygen atoms in total. The van der Waals surface area contributed by atoms with Gasteiger partial charge in [-0.15, -0.1) is 0 Å². The maximum atomic E-state index is 10.7. The van der Waals surface area contributed by atoms with Gasteiger partial charge in [0.15, 0.2) is 0 Å². The number of anilines is 1. The molecule has 0 radical (unpaired) electrons. The number of aryl methyl sites for hydroxylation is 1. The second kappa shape index (κ2) is 4.63. The van der Waals surface area contributed by atoms with Crippen molar-refractivity contribution in [2.45, 2.75) is 26.7 Å². The second-order valence-electron chi connectivity index (χ2n) is 3.23. The topological polar surface area (TPSA) is 66.4 Å². The molecular formula is C10H15NO3S. The SMILES string of the molecule is CCc1cccc(NS(=O)(=O)O)c1CC.